The molecule has 2 atom stereocenters. The molecule has 0 saturated carbocycles. The average Bonchev–Trinajstić information content (AvgIpc) is 2.55. The van der Waals surface area contributed by atoms with Gasteiger partial charge in [-0.15, -0.1) is 0 Å². The molecule has 0 amide bonds. The number of aliphatic hydroxyl groups excluding tert-OH is 1. The van der Waals surface area contributed by atoms with Crippen molar-refractivity contribution in [2.45, 2.75) is 63.5 Å². The molecule has 1 heterocycles. The predicted molar refractivity (Wildman–Crippen MR) is 84.1 cm³/mol. The maximum atomic E-state index is 14.0. The summed E-state index contributed by atoms with van der Waals surface area (Å²) in [6.45, 7) is 11.5. The molecule has 0 fully saturated rings. The number of hydrogen-bond donors (Lipinski definition) is 2. The molecule has 0 spiro atoms. The summed E-state index contributed by atoms with van der Waals surface area (Å²) < 4.78 is 32.1. The molecule has 9 heteroatoms. The summed E-state index contributed by atoms with van der Waals surface area (Å²) in [5.74, 6) is -0.759. The molecule has 1 rings (SSSR count). The van der Waals surface area contributed by atoms with Gasteiger partial charge in [-0.05, 0) is 25.1 Å². The van der Waals surface area contributed by atoms with Crippen LogP contribution in [0.2, 0.25) is 18.1 Å². The van der Waals surface area contributed by atoms with Crippen LogP contribution in [-0.4, -0.2) is 33.4 Å². The third-order valence-corrected chi connectivity index (χ3v) is 11.0. The Morgan fingerprint density at radius 3 is 2.52 bits per heavy atom. The van der Waals surface area contributed by atoms with Gasteiger partial charge in [0.05, 0.1) is 18.8 Å². The zero-order valence-electron chi connectivity index (χ0n) is 13.4. The van der Waals surface area contributed by atoms with Gasteiger partial charge in [0.2, 0.25) is 5.03 Å². The molecule has 1 aromatic heterocycles. The Morgan fingerprint density at radius 2 is 2.10 bits per heavy atom. The van der Waals surface area contributed by atoms with Crippen molar-refractivity contribution in [2.24, 2.45) is 9.17 Å². The number of nitrogens with two attached hydrogens (primary N) is 1. The van der Waals surface area contributed by atoms with Crippen LogP contribution in [-0.2, 0) is 16.5 Å². The van der Waals surface area contributed by atoms with E-state index in [1.807, 2.05) is 33.9 Å². The Balaban J connectivity index is 3.32. The first kappa shape index (κ1) is 18.3. The lowest BCUT2D eigenvalue weighted by atomic mass is 10.2. The molecule has 0 aliphatic carbocycles. The van der Waals surface area contributed by atoms with E-state index in [4.69, 9.17) is 5.14 Å². The quantitative estimate of drug-likeness (QED) is 0.825. The topological polar surface area (TPSA) is 93.5 Å². The normalized spacial score (nSPS) is 17.4. The molecule has 6 nitrogen and oxygen atoms in total. The predicted octanol–water partition coefficient (Wildman–Crippen LogP) is 2.11. The minimum atomic E-state index is -3.40. The Bertz CT molecular complexity index is 628. The SMILES string of the molecule is C[C@@H](O)Cn1cc(F)c(S(N)(=O)=N[Si](C)(C)C(C)(C)C)n1. The zero-order chi connectivity index (χ0) is 16.6. The average molecular weight is 337 g/mol. The van der Waals surface area contributed by atoms with Gasteiger partial charge < -0.3 is 5.11 Å². The fourth-order valence-corrected chi connectivity index (χ4v) is 6.17. The Labute approximate surface area is 126 Å². The first-order chi connectivity index (χ1) is 9.26. The summed E-state index contributed by atoms with van der Waals surface area (Å²) in [6.07, 6.45) is 0.388. The number of rotatable bonds is 4. The van der Waals surface area contributed by atoms with E-state index in [9.17, 15) is 13.7 Å². The highest BCUT2D eigenvalue weighted by Crippen LogP contribution is 2.37. The third kappa shape index (κ3) is 4.35. The van der Waals surface area contributed by atoms with E-state index in [1.54, 1.807) is 6.92 Å². The van der Waals surface area contributed by atoms with Crippen LogP contribution >= 0.6 is 0 Å². The van der Waals surface area contributed by atoms with Crippen LogP contribution in [0.1, 0.15) is 27.7 Å². The van der Waals surface area contributed by atoms with Crippen LogP contribution in [0.4, 0.5) is 4.39 Å². The van der Waals surface area contributed by atoms with Crippen LogP contribution in [0.3, 0.4) is 0 Å². The van der Waals surface area contributed by atoms with Crippen LogP contribution in [0.25, 0.3) is 0 Å². The Morgan fingerprint density at radius 1 is 1.57 bits per heavy atom. The van der Waals surface area contributed by atoms with Gasteiger partial charge in [0, 0.05) is 0 Å². The monoisotopic (exact) mass is 336 g/mol. The van der Waals surface area contributed by atoms with Crippen LogP contribution in [0.5, 0.6) is 0 Å². The zero-order valence-corrected chi connectivity index (χ0v) is 15.2. The minimum Gasteiger partial charge on any atom is -0.391 e. The van der Waals surface area contributed by atoms with Gasteiger partial charge in [-0.3, -0.25) is 8.71 Å². The number of aromatic nitrogens is 2. The molecule has 21 heavy (non-hydrogen) atoms. The van der Waals surface area contributed by atoms with Crippen molar-refractivity contribution < 1.29 is 13.7 Å². The highest BCUT2D eigenvalue weighted by Gasteiger charge is 2.38. The molecule has 0 saturated heterocycles. The lowest BCUT2D eigenvalue weighted by molar-refractivity contribution is 0.168. The van der Waals surface area contributed by atoms with Gasteiger partial charge in [0.25, 0.3) is 0 Å². The molecule has 0 aromatic carbocycles. The summed E-state index contributed by atoms with van der Waals surface area (Å²) >= 11 is 0. The molecular formula is C12H25FN4O2SSi. The fourth-order valence-electron chi connectivity index (χ4n) is 1.46. The van der Waals surface area contributed by atoms with Gasteiger partial charge in [0.1, 0.15) is 9.92 Å². The Kier molecular flexibility index (Phi) is 5.04. The lowest BCUT2D eigenvalue weighted by Crippen LogP contribution is -2.37. The summed E-state index contributed by atoms with van der Waals surface area (Å²) in [6, 6.07) is 0. The number of hydrogen-bond acceptors (Lipinski definition) is 4. The second kappa shape index (κ2) is 5.79. The smallest absolute Gasteiger partial charge is 0.206 e. The molecule has 0 aliphatic rings. The number of aliphatic hydroxyl groups is 1. The maximum absolute atomic E-state index is 14.0. The number of halogens is 1. The molecule has 0 radical (unpaired) electrons. The summed E-state index contributed by atoms with van der Waals surface area (Å²) in [5.41, 5.74) is 0. The molecule has 1 unspecified atom stereocenters. The number of nitrogens with zero attached hydrogens (tertiary/aromatic N) is 3. The third-order valence-electron chi connectivity index (χ3n) is 3.61. The van der Waals surface area contributed by atoms with Crippen molar-refractivity contribution in [3.05, 3.63) is 12.0 Å². The van der Waals surface area contributed by atoms with Crippen LogP contribution < -0.4 is 5.14 Å². The largest absolute Gasteiger partial charge is 0.391 e. The van der Waals surface area contributed by atoms with Gasteiger partial charge in [-0.25, -0.2) is 13.7 Å². The van der Waals surface area contributed by atoms with Crippen molar-refractivity contribution in [2.75, 3.05) is 0 Å². The second-order valence-corrected chi connectivity index (χ2v) is 13.7. The molecule has 1 aromatic rings. The van der Waals surface area contributed by atoms with Gasteiger partial charge in [-0.2, -0.15) is 5.10 Å². The first-order valence-corrected chi connectivity index (χ1v) is 11.3. The van der Waals surface area contributed by atoms with E-state index >= 15 is 0 Å². The van der Waals surface area contributed by atoms with Crippen molar-refractivity contribution in [3.8, 4) is 0 Å². The molecule has 3 N–H and O–H groups in total. The van der Waals surface area contributed by atoms with E-state index in [1.165, 1.54) is 4.68 Å². The summed E-state index contributed by atoms with van der Waals surface area (Å²) in [7, 11) is -5.71. The highest BCUT2D eigenvalue weighted by molar-refractivity contribution is 7.92. The van der Waals surface area contributed by atoms with Gasteiger partial charge in [-0.1, -0.05) is 20.8 Å². The highest BCUT2D eigenvalue weighted by atomic mass is 32.2. The minimum absolute atomic E-state index is 0.104. The Hall–Kier alpha value is -0.773. The second-order valence-electron chi connectivity index (χ2n) is 6.82. The molecule has 0 aliphatic heterocycles. The lowest BCUT2D eigenvalue weighted by Gasteiger charge is -2.32. The molecule has 0 bridgehead atoms. The molecule has 122 valence electrons. The van der Waals surface area contributed by atoms with E-state index in [0.29, 0.717) is 0 Å². The van der Waals surface area contributed by atoms with E-state index in [2.05, 4.69) is 9.13 Å². The maximum Gasteiger partial charge on any atom is 0.206 e. The van der Waals surface area contributed by atoms with Crippen LogP contribution in [0.15, 0.2) is 15.3 Å². The summed E-state index contributed by atoms with van der Waals surface area (Å²) in [4.78, 5) is 0. The standard InChI is InChI=1S/C12H25FN4O2SSi/c1-9(18)7-17-8-10(13)11(15-17)20(14,19)16-21(5,6)12(2,3)4/h8-9,18H,7H2,1-6H3,(H2,14,16,19)/t9-,20?/m1/s1. The van der Waals surface area contributed by atoms with Crippen LogP contribution in [0, 0.1) is 5.82 Å². The van der Waals surface area contributed by atoms with E-state index in [0.717, 1.165) is 6.20 Å². The van der Waals surface area contributed by atoms with E-state index < -0.39 is 30.1 Å². The van der Waals surface area contributed by atoms with Crippen molar-refractivity contribution in [3.63, 3.8) is 0 Å². The van der Waals surface area contributed by atoms with Crippen molar-refractivity contribution in [1.29, 1.82) is 0 Å². The summed E-state index contributed by atoms with van der Waals surface area (Å²) in [5, 5.41) is 18.5. The van der Waals surface area contributed by atoms with Gasteiger partial charge in [0.15, 0.2) is 14.1 Å². The first-order valence-electron chi connectivity index (χ1n) is 6.73. The van der Waals surface area contributed by atoms with E-state index in [-0.39, 0.29) is 16.6 Å². The fraction of sp³-hybridized carbons (Fsp3) is 0.750. The van der Waals surface area contributed by atoms with Gasteiger partial charge >= 0.3 is 0 Å². The molecular weight excluding hydrogens is 311 g/mol. The van der Waals surface area contributed by atoms with Crippen molar-refractivity contribution in [1.82, 2.24) is 9.78 Å². The van der Waals surface area contributed by atoms with Crippen molar-refractivity contribution >= 4 is 18.2 Å².